The third-order valence-corrected chi connectivity index (χ3v) is 3.73. The Hall–Kier alpha value is -1.66. The average Bonchev–Trinajstić information content (AvgIpc) is 2.88. The van der Waals surface area contributed by atoms with E-state index in [0.717, 1.165) is 26.6 Å². The maximum Gasteiger partial charge on any atom is 0.328 e. The Balaban J connectivity index is 2.27. The van der Waals surface area contributed by atoms with Crippen molar-refractivity contribution in [3.05, 3.63) is 50.4 Å². The number of aliphatic carboxylic acids is 1. The number of ether oxygens (including phenoxy) is 1. The number of halogens is 1. The largest absolute Gasteiger partial charge is 0.487 e. The van der Waals surface area contributed by atoms with Crippen LogP contribution in [0.5, 0.6) is 5.75 Å². The van der Waals surface area contributed by atoms with Gasteiger partial charge in [-0.05, 0) is 30.7 Å². The van der Waals surface area contributed by atoms with Gasteiger partial charge < -0.3 is 9.84 Å². The highest BCUT2D eigenvalue weighted by atomic mass is 79.9. The Bertz CT molecular complexity index is 638. The summed E-state index contributed by atoms with van der Waals surface area (Å²) < 4.78 is 6.68. The molecule has 0 radical (unpaired) electrons. The van der Waals surface area contributed by atoms with Crippen LogP contribution in [0.3, 0.4) is 0 Å². The van der Waals surface area contributed by atoms with Crippen LogP contribution in [0.2, 0.25) is 0 Å². The van der Waals surface area contributed by atoms with Gasteiger partial charge in [-0.15, -0.1) is 11.3 Å². The molecule has 2 rings (SSSR count). The number of hydrogen-bond acceptors (Lipinski definition) is 4. The van der Waals surface area contributed by atoms with Gasteiger partial charge in [0.25, 0.3) is 0 Å². The molecule has 1 heterocycles. The zero-order valence-electron chi connectivity index (χ0n) is 10.7. The number of rotatable bonds is 5. The summed E-state index contributed by atoms with van der Waals surface area (Å²) in [6, 6.07) is 3.76. The van der Waals surface area contributed by atoms with Crippen LogP contribution in [0.15, 0.2) is 34.4 Å². The normalized spacial score (nSPS) is 10.9. The molecule has 0 bridgehead atoms. The predicted molar refractivity (Wildman–Crippen MR) is 82.0 cm³/mol. The first-order chi connectivity index (χ1) is 9.56. The first kappa shape index (κ1) is 14.7. The van der Waals surface area contributed by atoms with Crippen LogP contribution >= 0.6 is 27.3 Å². The summed E-state index contributed by atoms with van der Waals surface area (Å²) in [7, 11) is 0. The van der Waals surface area contributed by atoms with Gasteiger partial charge in [-0.3, -0.25) is 4.98 Å². The molecule has 6 heteroatoms. The standard InChI is InChI=1S/C14H12BrNO3S/c1-9-4-11(15)5-10(2-3-13(17)18)14(9)19-7-12-6-16-8-20-12/h2-6,8H,7H2,1H3,(H,17,18)/b3-2+. The molecule has 1 aromatic carbocycles. The maximum atomic E-state index is 10.7. The highest BCUT2D eigenvalue weighted by Crippen LogP contribution is 2.30. The van der Waals surface area contributed by atoms with Crippen molar-refractivity contribution in [3.63, 3.8) is 0 Å². The van der Waals surface area contributed by atoms with Crippen molar-refractivity contribution >= 4 is 39.3 Å². The Morgan fingerprint density at radius 3 is 3.00 bits per heavy atom. The monoisotopic (exact) mass is 353 g/mol. The van der Waals surface area contributed by atoms with Gasteiger partial charge >= 0.3 is 5.97 Å². The Kier molecular flexibility index (Phi) is 4.92. The van der Waals surface area contributed by atoms with Crippen LogP contribution in [-0.2, 0) is 11.4 Å². The lowest BCUT2D eigenvalue weighted by molar-refractivity contribution is -0.131. The number of carbonyl (C=O) groups is 1. The molecule has 0 saturated heterocycles. The molecule has 20 heavy (non-hydrogen) atoms. The molecule has 1 N–H and O–H groups in total. The van der Waals surface area contributed by atoms with E-state index in [-0.39, 0.29) is 0 Å². The van der Waals surface area contributed by atoms with E-state index in [1.807, 2.05) is 19.1 Å². The molecule has 2 aromatic rings. The second-order valence-electron chi connectivity index (χ2n) is 4.07. The second kappa shape index (κ2) is 6.67. The fourth-order valence-electron chi connectivity index (χ4n) is 1.69. The van der Waals surface area contributed by atoms with Gasteiger partial charge in [0.15, 0.2) is 0 Å². The van der Waals surface area contributed by atoms with Gasteiger partial charge in [-0.25, -0.2) is 4.79 Å². The first-order valence-electron chi connectivity index (χ1n) is 5.77. The van der Waals surface area contributed by atoms with E-state index in [1.165, 1.54) is 17.4 Å². The quantitative estimate of drug-likeness (QED) is 0.828. The molecular weight excluding hydrogens is 342 g/mol. The number of thiazole rings is 1. The zero-order chi connectivity index (χ0) is 14.5. The van der Waals surface area contributed by atoms with Crippen LogP contribution in [0.4, 0.5) is 0 Å². The third-order valence-electron chi connectivity index (χ3n) is 2.52. The summed E-state index contributed by atoms with van der Waals surface area (Å²) in [4.78, 5) is 15.7. The highest BCUT2D eigenvalue weighted by Gasteiger charge is 2.08. The Morgan fingerprint density at radius 2 is 2.35 bits per heavy atom. The van der Waals surface area contributed by atoms with Crippen LogP contribution in [0.1, 0.15) is 16.0 Å². The molecule has 0 unspecified atom stereocenters. The summed E-state index contributed by atoms with van der Waals surface area (Å²) >= 11 is 4.92. The fraction of sp³-hybridized carbons (Fsp3) is 0.143. The molecule has 0 spiro atoms. The molecule has 0 saturated carbocycles. The number of aromatic nitrogens is 1. The summed E-state index contributed by atoms with van der Waals surface area (Å²) in [6.07, 6.45) is 4.38. The molecule has 0 fully saturated rings. The molecule has 0 aliphatic rings. The van der Waals surface area contributed by atoms with Crippen molar-refractivity contribution in [2.75, 3.05) is 0 Å². The van der Waals surface area contributed by atoms with E-state index in [4.69, 9.17) is 9.84 Å². The minimum atomic E-state index is -0.990. The number of carboxylic acid groups (broad SMARTS) is 1. The zero-order valence-corrected chi connectivity index (χ0v) is 13.1. The van der Waals surface area contributed by atoms with E-state index >= 15 is 0 Å². The number of nitrogens with zero attached hydrogens (tertiary/aromatic N) is 1. The van der Waals surface area contributed by atoms with Crippen LogP contribution < -0.4 is 4.74 Å². The lowest BCUT2D eigenvalue weighted by Gasteiger charge is -2.12. The van der Waals surface area contributed by atoms with Gasteiger partial charge in [0.1, 0.15) is 12.4 Å². The van der Waals surface area contributed by atoms with Crippen molar-refractivity contribution in [1.82, 2.24) is 4.98 Å². The topological polar surface area (TPSA) is 59.4 Å². The number of benzene rings is 1. The predicted octanol–water partition coefficient (Wildman–Crippen LogP) is 3.89. The molecule has 104 valence electrons. The average molecular weight is 354 g/mol. The molecule has 0 amide bonds. The van der Waals surface area contributed by atoms with E-state index in [2.05, 4.69) is 20.9 Å². The minimum absolute atomic E-state index is 0.418. The highest BCUT2D eigenvalue weighted by molar-refractivity contribution is 9.10. The molecule has 0 aliphatic carbocycles. The Labute approximate surface area is 128 Å². The first-order valence-corrected chi connectivity index (χ1v) is 7.45. The number of hydrogen-bond donors (Lipinski definition) is 1. The van der Waals surface area contributed by atoms with Crippen molar-refractivity contribution in [2.24, 2.45) is 0 Å². The fourth-order valence-corrected chi connectivity index (χ4v) is 2.79. The van der Waals surface area contributed by atoms with Crippen molar-refractivity contribution in [1.29, 1.82) is 0 Å². The maximum absolute atomic E-state index is 10.7. The lowest BCUT2D eigenvalue weighted by Crippen LogP contribution is -1.98. The summed E-state index contributed by atoms with van der Waals surface area (Å²) in [5.74, 6) is -0.310. The van der Waals surface area contributed by atoms with E-state index in [1.54, 1.807) is 11.7 Å². The molecule has 0 atom stereocenters. The number of carboxylic acids is 1. The molecule has 1 aromatic heterocycles. The van der Waals surface area contributed by atoms with Gasteiger partial charge in [0, 0.05) is 22.3 Å². The van der Waals surface area contributed by atoms with Crippen molar-refractivity contribution in [2.45, 2.75) is 13.5 Å². The number of aryl methyl sites for hydroxylation is 1. The van der Waals surface area contributed by atoms with Gasteiger partial charge in [-0.2, -0.15) is 0 Å². The lowest BCUT2D eigenvalue weighted by atomic mass is 10.1. The molecule has 4 nitrogen and oxygen atoms in total. The van der Waals surface area contributed by atoms with Gasteiger partial charge in [-0.1, -0.05) is 15.9 Å². The van der Waals surface area contributed by atoms with E-state index in [0.29, 0.717) is 12.4 Å². The van der Waals surface area contributed by atoms with Gasteiger partial charge in [0.2, 0.25) is 0 Å². The molecule has 0 aliphatic heterocycles. The smallest absolute Gasteiger partial charge is 0.328 e. The minimum Gasteiger partial charge on any atom is -0.487 e. The SMILES string of the molecule is Cc1cc(Br)cc(/C=C/C(=O)O)c1OCc1cncs1. The van der Waals surface area contributed by atoms with Crippen LogP contribution in [0.25, 0.3) is 6.08 Å². The summed E-state index contributed by atoms with van der Waals surface area (Å²) in [5.41, 5.74) is 3.41. The summed E-state index contributed by atoms with van der Waals surface area (Å²) in [5, 5.41) is 8.74. The molecular formula is C14H12BrNO3S. The summed E-state index contributed by atoms with van der Waals surface area (Å²) in [6.45, 7) is 2.34. The second-order valence-corrected chi connectivity index (χ2v) is 5.96. The Morgan fingerprint density at radius 1 is 1.55 bits per heavy atom. The van der Waals surface area contributed by atoms with E-state index in [9.17, 15) is 4.79 Å². The van der Waals surface area contributed by atoms with Crippen molar-refractivity contribution < 1.29 is 14.6 Å². The third kappa shape index (κ3) is 3.91. The van der Waals surface area contributed by atoms with Crippen LogP contribution in [-0.4, -0.2) is 16.1 Å². The van der Waals surface area contributed by atoms with Gasteiger partial charge in [0.05, 0.1) is 10.4 Å². The van der Waals surface area contributed by atoms with Crippen molar-refractivity contribution in [3.8, 4) is 5.75 Å². The van der Waals surface area contributed by atoms with Crippen LogP contribution in [0, 0.1) is 6.92 Å². The van der Waals surface area contributed by atoms with E-state index < -0.39 is 5.97 Å².